The molecule has 1 N–H and O–H groups in total. The number of aliphatic hydroxyl groups excluding tert-OH is 1. The molecule has 2 aromatic rings. The zero-order valence-electron chi connectivity index (χ0n) is 8.55. The summed E-state index contributed by atoms with van der Waals surface area (Å²) in [6, 6.07) is 7.46. The molecule has 0 radical (unpaired) electrons. The number of thioether (sulfide) groups is 1. The molecule has 16 heavy (non-hydrogen) atoms. The van der Waals surface area contributed by atoms with Crippen molar-refractivity contribution in [2.24, 2.45) is 0 Å². The molecule has 1 aromatic carbocycles. The van der Waals surface area contributed by atoms with Gasteiger partial charge in [0.15, 0.2) is 0 Å². The molecule has 84 valence electrons. The Balaban J connectivity index is 2.24. The molecular formula is C11H10BrNO2S. The Morgan fingerprint density at radius 1 is 1.38 bits per heavy atom. The van der Waals surface area contributed by atoms with E-state index in [-0.39, 0.29) is 0 Å². The van der Waals surface area contributed by atoms with E-state index in [1.807, 2.05) is 30.5 Å². The van der Waals surface area contributed by atoms with Gasteiger partial charge in [-0.2, -0.15) is 0 Å². The molecule has 1 atom stereocenters. The largest absolute Gasteiger partial charge is 0.440 e. The van der Waals surface area contributed by atoms with Crippen molar-refractivity contribution >= 4 is 27.7 Å². The van der Waals surface area contributed by atoms with Gasteiger partial charge >= 0.3 is 0 Å². The Morgan fingerprint density at radius 3 is 2.62 bits per heavy atom. The average molecular weight is 300 g/mol. The van der Waals surface area contributed by atoms with E-state index < -0.39 is 6.10 Å². The molecule has 0 saturated heterocycles. The number of aliphatic hydroxyl groups is 1. The summed E-state index contributed by atoms with van der Waals surface area (Å²) in [4.78, 5) is 4.16. The second-order valence-corrected chi connectivity index (χ2v) is 4.87. The lowest BCUT2D eigenvalue weighted by Crippen LogP contribution is -1.99. The van der Waals surface area contributed by atoms with Crippen LogP contribution in [0.2, 0.25) is 0 Å². The lowest BCUT2D eigenvalue weighted by atomic mass is 10.1. The van der Waals surface area contributed by atoms with E-state index in [1.165, 1.54) is 18.0 Å². The fourth-order valence-corrected chi connectivity index (χ4v) is 1.91. The van der Waals surface area contributed by atoms with Gasteiger partial charge in [-0.1, -0.05) is 39.8 Å². The fraction of sp³-hybridized carbons (Fsp3) is 0.182. The lowest BCUT2D eigenvalue weighted by Gasteiger charge is -2.06. The third-order valence-electron chi connectivity index (χ3n) is 2.14. The normalized spacial score (nSPS) is 12.7. The zero-order chi connectivity index (χ0) is 11.5. The number of nitrogens with zero attached hydrogens (tertiary/aromatic N) is 1. The molecule has 0 aliphatic carbocycles. The highest BCUT2D eigenvalue weighted by Gasteiger charge is 2.14. The van der Waals surface area contributed by atoms with E-state index in [0.29, 0.717) is 10.9 Å². The van der Waals surface area contributed by atoms with E-state index in [2.05, 4.69) is 20.9 Å². The standard InChI is InChI=1S/C11H10BrNO2S/c1-16-11-13-9(6-15-11)10(14)7-2-4-8(12)5-3-7/h2-6,10,14H,1H3. The van der Waals surface area contributed by atoms with Gasteiger partial charge < -0.3 is 9.52 Å². The van der Waals surface area contributed by atoms with Crippen LogP contribution in [-0.2, 0) is 0 Å². The minimum atomic E-state index is -0.738. The highest BCUT2D eigenvalue weighted by Crippen LogP contribution is 2.24. The van der Waals surface area contributed by atoms with Gasteiger partial charge in [0.2, 0.25) is 0 Å². The molecular weight excluding hydrogens is 290 g/mol. The van der Waals surface area contributed by atoms with Gasteiger partial charge in [0.1, 0.15) is 18.1 Å². The van der Waals surface area contributed by atoms with Crippen molar-refractivity contribution in [3.63, 3.8) is 0 Å². The molecule has 5 heteroatoms. The first kappa shape index (κ1) is 11.7. The zero-order valence-corrected chi connectivity index (χ0v) is 11.0. The van der Waals surface area contributed by atoms with Crippen molar-refractivity contribution in [1.29, 1.82) is 0 Å². The molecule has 0 spiro atoms. The van der Waals surface area contributed by atoms with Crippen LogP contribution in [0.5, 0.6) is 0 Å². The van der Waals surface area contributed by atoms with Gasteiger partial charge in [-0.15, -0.1) is 0 Å². The van der Waals surface area contributed by atoms with Crippen LogP contribution in [0.1, 0.15) is 17.4 Å². The maximum Gasteiger partial charge on any atom is 0.255 e. The van der Waals surface area contributed by atoms with Crippen molar-refractivity contribution in [3.8, 4) is 0 Å². The van der Waals surface area contributed by atoms with Gasteiger partial charge in [-0.25, -0.2) is 4.98 Å². The molecule has 0 aliphatic rings. The molecule has 2 rings (SSSR count). The summed E-state index contributed by atoms with van der Waals surface area (Å²) in [6.07, 6.45) is 2.62. The SMILES string of the molecule is CSc1nc(C(O)c2ccc(Br)cc2)co1. The Labute approximate surface area is 106 Å². The first-order valence-corrected chi connectivity index (χ1v) is 6.65. The molecule has 0 fully saturated rings. The average Bonchev–Trinajstić information content (AvgIpc) is 2.77. The van der Waals surface area contributed by atoms with Crippen LogP contribution in [0.3, 0.4) is 0 Å². The summed E-state index contributed by atoms with van der Waals surface area (Å²) in [6.45, 7) is 0. The Kier molecular flexibility index (Phi) is 3.68. The minimum absolute atomic E-state index is 0.534. The van der Waals surface area contributed by atoms with Crippen LogP contribution >= 0.6 is 27.7 Å². The van der Waals surface area contributed by atoms with E-state index in [4.69, 9.17) is 4.42 Å². The third kappa shape index (κ3) is 2.48. The second-order valence-electron chi connectivity index (χ2n) is 3.20. The van der Waals surface area contributed by atoms with Crippen molar-refractivity contribution in [2.45, 2.75) is 11.3 Å². The number of rotatable bonds is 3. The van der Waals surface area contributed by atoms with Crippen molar-refractivity contribution in [1.82, 2.24) is 4.98 Å². The van der Waals surface area contributed by atoms with E-state index in [9.17, 15) is 5.11 Å². The number of oxazole rings is 1. The summed E-state index contributed by atoms with van der Waals surface area (Å²) in [5.74, 6) is 0. The van der Waals surface area contributed by atoms with Crippen LogP contribution < -0.4 is 0 Å². The minimum Gasteiger partial charge on any atom is -0.440 e. The molecule has 1 heterocycles. The highest BCUT2D eigenvalue weighted by molar-refractivity contribution is 9.10. The number of hydrogen-bond donors (Lipinski definition) is 1. The van der Waals surface area contributed by atoms with Gasteiger partial charge in [0.25, 0.3) is 5.22 Å². The molecule has 0 bridgehead atoms. The molecule has 0 amide bonds. The topological polar surface area (TPSA) is 46.3 Å². The lowest BCUT2D eigenvalue weighted by molar-refractivity contribution is 0.215. The summed E-state index contributed by atoms with van der Waals surface area (Å²) in [5.41, 5.74) is 1.33. The van der Waals surface area contributed by atoms with Crippen LogP contribution in [-0.4, -0.2) is 16.3 Å². The van der Waals surface area contributed by atoms with Crippen molar-refractivity contribution in [2.75, 3.05) is 6.26 Å². The van der Waals surface area contributed by atoms with Gasteiger partial charge in [-0.3, -0.25) is 0 Å². The quantitative estimate of drug-likeness (QED) is 0.884. The number of aromatic nitrogens is 1. The summed E-state index contributed by atoms with van der Waals surface area (Å²) in [5, 5.41) is 10.6. The second kappa shape index (κ2) is 5.03. The summed E-state index contributed by atoms with van der Waals surface area (Å²) in [7, 11) is 0. The van der Waals surface area contributed by atoms with Gasteiger partial charge in [0, 0.05) is 4.47 Å². The Bertz CT molecular complexity index is 469. The fourth-order valence-electron chi connectivity index (χ4n) is 1.30. The van der Waals surface area contributed by atoms with Gasteiger partial charge in [-0.05, 0) is 24.0 Å². The Morgan fingerprint density at radius 2 is 2.06 bits per heavy atom. The van der Waals surface area contributed by atoms with Crippen LogP contribution in [0.25, 0.3) is 0 Å². The Hall–Kier alpha value is -0.780. The van der Waals surface area contributed by atoms with Gasteiger partial charge in [0.05, 0.1) is 0 Å². The molecule has 1 aromatic heterocycles. The number of hydrogen-bond acceptors (Lipinski definition) is 4. The molecule has 0 aliphatic heterocycles. The highest BCUT2D eigenvalue weighted by atomic mass is 79.9. The van der Waals surface area contributed by atoms with Crippen LogP contribution in [0.4, 0.5) is 0 Å². The van der Waals surface area contributed by atoms with E-state index >= 15 is 0 Å². The molecule has 3 nitrogen and oxygen atoms in total. The summed E-state index contributed by atoms with van der Waals surface area (Å²) < 4.78 is 6.14. The maximum atomic E-state index is 10.0. The van der Waals surface area contributed by atoms with Crippen LogP contribution in [0.15, 0.2) is 44.6 Å². The van der Waals surface area contributed by atoms with E-state index in [1.54, 1.807) is 0 Å². The molecule has 1 unspecified atom stereocenters. The van der Waals surface area contributed by atoms with Crippen molar-refractivity contribution in [3.05, 3.63) is 46.3 Å². The predicted octanol–water partition coefficient (Wildman–Crippen LogP) is 3.24. The number of halogens is 1. The molecule has 0 saturated carbocycles. The third-order valence-corrected chi connectivity index (χ3v) is 3.21. The predicted molar refractivity (Wildman–Crippen MR) is 66.5 cm³/mol. The van der Waals surface area contributed by atoms with E-state index in [0.717, 1.165) is 10.0 Å². The van der Waals surface area contributed by atoms with Crippen LogP contribution in [0, 0.1) is 0 Å². The monoisotopic (exact) mass is 299 g/mol. The first-order valence-electron chi connectivity index (χ1n) is 4.63. The summed E-state index contributed by atoms with van der Waals surface area (Å²) >= 11 is 4.76. The van der Waals surface area contributed by atoms with Crippen molar-refractivity contribution < 1.29 is 9.52 Å². The first-order chi connectivity index (χ1) is 7.70. The maximum absolute atomic E-state index is 10.0. The smallest absolute Gasteiger partial charge is 0.255 e. The number of benzene rings is 1.